The highest BCUT2D eigenvalue weighted by Gasteiger charge is 2.34. The van der Waals surface area contributed by atoms with Crippen molar-refractivity contribution in [3.8, 4) is 0 Å². The second-order valence-electron chi connectivity index (χ2n) is 7.36. The molecule has 1 aliphatic heterocycles. The molecule has 0 radical (unpaired) electrons. The van der Waals surface area contributed by atoms with Crippen molar-refractivity contribution in [3.05, 3.63) is 35.4 Å². The molecule has 5 heteroatoms. The molecule has 25 heavy (non-hydrogen) atoms. The van der Waals surface area contributed by atoms with Crippen LogP contribution in [0.1, 0.15) is 55.8 Å². The van der Waals surface area contributed by atoms with Gasteiger partial charge in [-0.1, -0.05) is 36.2 Å². The highest BCUT2D eigenvalue weighted by Crippen LogP contribution is 2.32. The summed E-state index contributed by atoms with van der Waals surface area (Å²) >= 11 is 0. The molecule has 1 aromatic carbocycles. The molecule has 136 valence electrons. The summed E-state index contributed by atoms with van der Waals surface area (Å²) in [6.07, 6.45) is 4.39. The zero-order chi connectivity index (χ0) is 17.8. The Kier molecular flexibility index (Phi) is 5.74. The summed E-state index contributed by atoms with van der Waals surface area (Å²) in [6, 6.07) is 8.20. The van der Waals surface area contributed by atoms with E-state index in [4.69, 9.17) is 4.74 Å². The number of hydrogen-bond donors (Lipinski definition) is 2. The lowest BCUT2D eigenvalue weighted by Crippen LogP contribution is -2.46. The predicted molar refractivity (Wildman–Crippen MR) is 94.1 cm³/mol. The van der Waals surface area contributed by atoms with Crippen LogP contribution in [-0.2, 0) is 14.3 Å². The number of hydrogen-bond acceptors (Lipinski definition) is 3. The number of carboxylic acids is 1. The highest BCUT2D eigenvalue weighted by atomic mass is 16.5. The van der Waals surface area contributed by atoms with Gasteiger partial charge < -0.3 is 15.2 Å². The van der Waals surface area contributed by atoms with Gasteiger partial charge in [0.25, 0.3) is 0 Å². The second kappa shape index (κ2) is 8.00. The quantitative estimate of drug-likeness (QED) is 0.878. The predicted octanol–water partition coefficient (Wildman–Crippen LogP) is 3.22. The molecule has 1 saturated heterocycles. The van der Waals surface area contributed by atoms with Gasteiger partial charge in [-0.2, -0.15) is 0 Å². The third kappa shape index (κ3) is 4.40. The highest BCUT2D eigenvalue weighted by molar-refractivity contribution is 5.80. The smallest absolute Gasteiger partial charge is 0.306 e. The Hall–Kier alpha value is -1.88. The first-order chi connectivity index (χ1) is 12.0. The van der Waals surface area contributed by atoms with Crippen LogP contribution in [0.25, 0.3) is 0 Å². The van der Waals surface area contributed by atoms with E-state index in [2.05, 4.69) is 29.6 Å². The molecule has 0 bridgehead atoms. The molecule has 1 heterocycles. The molecule has 0 spiro atoms. The van der Waals surface area contributed by atoms with Crippen LogP contribution < -0.4 is 5.32 Å². The minimum Gasteiger partial charge on any atom is -0.481 e. The van der Waals surface area contributed by atoms with Crippen LogP contribution >= 0.6 is 0 Å². The van der Waals surface area contributed by atoms with E-state index in [-0.39, 0.29) is 29.9 Å². The van der Waals surface area contributed by atoms with Crippen molar-refractivity contribution < 1.29 is 19.4 Å². The van der Waals surface area contributed by atoms with Gasteiger partial charge in [0, 0.05) is 12.5 Å². The monoisotopic (exact) mass is 345 g/mol. The maximum atomic E-state index is 12.7. The van der Waals surface area contributed by atoms with Gasteiger partial charge >= 0.3 is 5.97 Å². The van der Waals surface area contributed by atoms with Crippen LogP contribution in [0.3, 0.4) is 0 Å². The lowest BCUT2D eigenvalue weighted by atomic mass is 9.80. The number of carbonyl (C=O) groups is 2. The minimum absolute atomic E-state index is 0.0152. The summed E-state index contributed by atoms with van der Waals surface area (Å²) in [7, 11) is 0. The molecular weight excluding hydrogens is 318 g/mol. The third-order valence-corrected chi connectivity index (χ3v) is 5.45. The summed E-state index contributed by atoms with van der Waals surface area (Å²) in [5, 5.41) is 12.4. The number of nitrogens with one attached hydrogen (secondary N) is 1. The van der Waals surface area contributed by atoms with E-state index in [0.717, 1.165) is 31.2 Å². The first-order valence-corrected chi connectivity index (χ1v) is 9.26. The van der Waals surface area contributed by atoms with Crippen LogP contribution in [-0.4, -0.2) is 29.6 Å². The molecule has 1 aliphatic carbocycles. The van der Waals surface area contributed by atoms with E-state index in [9.17, 15) is 14.7 Å². The SMILES string of the molecule is Cc1ccc(C2OCCCC2NC(=O)C2CCCC(C(=O)O)C2)cc1. The first kappa shape index (κ1) is 17.9. The van der Waals surface area contributed by atoms with Crippen molar-refractivity contribution in [3.63, 3.8) is 0 Å². The van der Waals surface area contributed by atoms with Crippen molar-refractivity contribution in [2.75, 3.05) is 6.61 Å². The molecule has 2 N–H and O–H groups in total. The Morgan fingerprint density at radius 1 is 1.08 bits per heavy atom. The molecule has 0 aromatic heterocycles. The topological polar surface area (TPSA) is 75.6 Å². The van der Waals surface area contributed by atoms with E-state index in [0.29, 0.717) is 19.4 Å². The van der Waals surface area contributed by atoms with Gasteiger partial charge in [-0.05, 0) is 44.6 Å². The number of benzene rings is 1. The van der Waals surface area contributed by atoms with Crippen molar-refractivity contribution in [2.24, 2.45) is 11.8 Å². The number of amides is 1. The second-order valence-corrected chi connectivity index (χ2v) is 7.36. The van der Waals surface area contributed by atoms with Crippen LogP contribution in [0.5, 0.6) is 0 Å². The Labute approximate surface area is 148 Å². The summed E-state index contributed by atoms with van der Waals surface area (Å²) in [6.45, 7) is 2.75. The lowest BCUT2D eigenvalue weighted by Gasteiger charge is -2.34. The fourth-order valence-electron chi connectivity index (χ4n) is 3.97. The van der Waals surface area contributed by atoms with Crippen molar-refractivity contribution >= 4 is 11.9 Å². The Morgan fingerprint density at radius 3 is 2.52 bits per heavy atom. The normalized spacial score (nSPS) is 29.8. The fourth-order valence-corrected chi connectivity index (χ4v) is 3.97. The van der Waals surface area contributed by atoms with Crippen molar-refractivity contribution in [1.29, 1.82) is 0 Å². The van der Waals surface area contributed by atoms with Crippen LogP contribution in [0.2, 0.25) is 0 Å². The molecule has 4 atom stereocenters. The third-order valence-electron chi connectivity index (χ3n) is 5.45. The van der Waals surface area contributed by atoms with Crippen LogP contribution in [0.15, 0.2) is 24.3 Å². The zero-order valence-electron chi connectivity index (χ0n) is 14.7. The van der Waals surface area contributed by atoms with Gasteiger partial charge in [0.05, 0.1) is 12.0 Å². The van der Waals surface area contributed by atoms with E-state index in [1.165, 1.54) is 5.56 Å². The molecule has 4 unspecified atom stereocenters. The van der Waals surface area contributed by atoms with E-state index >= 15 is 0 Å². The minimum atomic E-state index is -0.781. The van der Waals surface area contributed by atoms with Gasteiger partial charge in [-0.25, -0.2) is 0 Å². The standard InChI is InChI=1S/C20H27NO4/c1-13-7-9-14(10-8-13)18-17(6-3-11-25-18)21-19(22)15-4-2-5-16(12-15)20(23)24/h7-10,15-18H,2-6,11-12H2,1H3,(H,21,22)(H,23,24). The summed E-state index contributed by atoms with van der Waals surface area (Å²) < 4.78 is 5.96. The lowest BCUT2D eigenvalue weighted by molar-refractivity contribution is -0.144. The van der Waals surface area contributed by atoms with E-state index < -0.39 is 5.97 Å². The molecule has 3 rings (SSSR count). The number of carboxylic acid groups (broad SMARTS) is 1. The molecule has 5 nitrogen and oxygen atoms in total. The summed E-state index contributed by atoms with van der Waals surface area (Å²) in [5.74, 6) is -1.38. The number of aryl methyl sites for hydroxylation is 1. The fraction of sp³-hybridized carbons (Fsp3) is 0.600. The number of rotatable bonds is 4. The Morgan fingerprint density at radius 2 is 1.80 bits per heavy atom. The van der Waals surface area contributed by atoms with E-state index in [1.807, 2.05) is 6.92 Å². The molecule has 1 amide bonds. The van der Waals surface area contributed by atoms with Crippen molar-refractivity contribution in [2.45, 2.75) is 57.6 Å². The maximum absolute atomic E-state index is 12.7. The molecule has 2 fully saturated rings. The van der Waals surface area contributed by atoms with Gasteiger partial charge in [-0.15, -0.1) is 0 Å². The first-order valence-electron chi connectivity index (χ1n) is 9.26. The molecule has 2 aliphatic rings. The van der Waals surface area contributed by atoms with Gasteiger partial charge in [0.2, 0.25) is 5.91 Å². The summed E-state index contributed by atoms with van der Waals surface area (Å²) in [4.78, 5) is 23.9. The zero-order valence-corrected chi connectivity index (χ0v) is 14.7. The van der Waals surface area contributed by atoms with Gasteiger partial charge in [-0.3, -0.25) is 9.59 Å². The largest absolute Gasteiger partial charge is 0.481 e. The molecule has 1 aromatic rings. The van der Waals surface area contributed by atoms with Gasteiger partial charge in [0.15, 0.2) is 0 Å². The maximum Gasteiger partial charge on any atom is 0.306 e. The van der Waals surface area contributed by atoms with Crippen LogP contribution in [0, 0.1) is 18.8 Å². The average Bonchev–Trinajstić information content (AvgIpc) is 2.63. The van der Waals surface area contributed by atoms with E-state index in [1.54, 1.807) is 0 Å². The molecule has 1 saturated carbocycles. The number of aliphatic carboxylic acids is 1. The number of carbonyl (C=O) groups excluding carboxylic acids is 1. The summed E-state index contributed by atoms with van der Waals surface area (Å²) in [5.41, 5.74) is 2.28. The average molecular weight is 345 g/mol. The number of ether oxygens (including phenoxy) is 1. The Balaban J connectivity index is 1.65. The van der Waals surface area contributed by atoms with Gasteiger partial charge in [0.1, 0.15) is 6.10 Å². The van der Waals surface area contributed by atoms with Crippen molar-refractivity contribution in [1.82, 2.24) is 5.32 Å². The van der Waals surface area contributed by atoms with Crippen LogP contribution in [0.4, 0.5) is 0 Å². The Bertz CT molecular complexity index is 613. The molecular formula is C20H27NO4.